The second-order valence-corrected chi connectivity index (χ2v) is 6.48. The van der Waals surface area contributed by atoms with Crippen molar-refractivity contribution in [2.45, 2.75) is 57.4 Å². The van der Waals surface area contributed by atoms with Crippen molar-refractivity contribution >= 4 is 5.91 Å². The second-order valence-electron chi connectivity index (χ2n) is 6.48. The average molecular weight is 313 g/mol. The molecule has 1 saturated carbocycles. The van der Waals surface area contributed by atoms with Crippen LogP contribution in [0.2, 0.25) is 0 Å². The van der Waals surface area contributed by atoms with Crippen molar-refractivity contribution in [3.63, 3.8) is 0 Å². The Hall–Kier alpha value is -1.22. The molecule has 0 bridgehead atoms. The number of alkyl halides is 2. The number of likely N-dealkylation sites (tertiary alicyclic amines) is 1. The minimum absolute atomic E-state index is 0.0752. The highest BCUT2D eigenvalue weighted by Crippen LogP contribution is 2.27. The zero-order valence-corrected chi connectivity index (χ0v) is 12.9. The normalized spacial score (nSPS) is 23.2. The van der Waals surface area contributed by atoms with Crippen LogP contribution >= 0.6 is 0 Å². The van der Waals surface area contributed by atoms with Crippen molar-refractivity contribution in [2.24, 2.45) is 11.8 Å². The summed E-state index contributed by atoms with van der Waals surface area (Å²) < 4.78 is 24.7. The summed E-state index contributed by atoms with van der Waals surface area (Å²) in [6.07, 6.45) is 4.36. The van der Waals surface area contributed by atoms with E-state index in [1.54, 1.807) is 4.90 Å². The number of amides is 1. The number of rotatable bonds is 5. The lowest BCUT2D eigenvalue weighted by Gasteiger charge is -2.32. The maximum absolute atomic E-state index is 12.3. The van der Waals surface area contributed by atoms with E-state index in [-0.39, 0.29) is 24.3 Å². The van der Waals surface area contributed by atoms with E-state index >= 15 is 0 Å². The molecule has 124 valence electrons. The zero-order chi connectivity index (χ0) is 15.9. The van der Waals surface area contributed by atoms with E-state index in [0.29, 0.717) is 25.9 Å². The lowest BCUT2D eigenvalue weighted by atomic mass is 9.84. The molecule has 1 aliphatic heterocycles. The maximum Gasteiger partial charge on any atom is 0.251 e. The minimum Gasteiger partial charge on any atom is -0.340 e. The molecule has 6 heteroatoms. The van der Waals surface area contributed by atoms with Crippen molar-refractivity contribution in [1.29, 1.82) is 5.26 Å². The molecule has 1 saturated heterocycles. The number of piperidine rings is 1. The first-order chi connectivity index (χ1) is 10.6. The summed E-state index contributed by atoms with van der Waals surface area (Å²) in [5, 5.41) is 12.2. The van der Waals surface area contributed by atoms with Crippen molar-refractivity contribution in [3.05, 3.63) is 0 Å². The van der Waals surface area contributed by atoms with Gasteiger partial charge in [0.05, 0.1) is 12.6 Å². The summed E-state index contributed by atoms with van der Waals surface area (Å²) in [7, 11) is 0. The fraction of sp³-hybridized carbons (Fsp3) is 0.875. The number of hydrogen-bond donors (Lipinski definition) is 1. The van der Waals surface area contributed by atoms with Crippen LogP contribution in [0.5, 0.6) is 0 Å². The predicted octanol–water partition coefficient (Wildman–Crippen LogP) is 2.55. The molecule has 0 spiro atoms. The van der Waals surface area contributed by atoms with Gasteiger partial charge in [-0.1, -0.05) is 19.3 Å². The number of halogens is 2. The van der Waals surface area contributed by atoms with Crippen molar-refractivity contribution in [3.8, 4) is 6.07 Å². The second kappa shape index (κ2) is 8.42. The van der Waals surface area contributed by atoms with Crippen LogP contribution in [0.1, 0.15) is 44.9 Å². The van der Waals surface area contributed by atoms with E-state index < -0.39 is 12.5 Å². The summed E-state index contributed by atoms with van der Waals surface area (Å²) in [5.74, 6) is 0.0452. The van der Waals surface area contributed by atoms with Gasteiger partial charge in [-0.3, -0.25) is 9.69 Å². The van der Waals surface area contributed by atoms with Crippen LogP contribution in [0.4, 0.5) is 8.78 Å². The van der Waals surface area contributed by atoms with E-state index in [0.717, 1.165) is 25.7 Å². The molecule has 22 heavy (non-hydrogen) atoms. The quantitative estimate of drug-likeness (QED) is 0.848. The van der Waals surface area contributed by atoms with Gasteiger partial charge in [-0.05, 0) is 44.7 Å². The number of hydrogen-bond acceptors (Lipinski definition) is 3. The Balaban J connectivity index is 1.78. The van der Waals surface area contributed by atoms with E-state index in [2.05, 4.69) is 11.4 Å². The molecule has 1 unspecified atom stereocenters. The van der Waals surface area contributed by atoms with E-state index in [1.807, 2.05) is 0 Å². The molecule has 1 aliphatic carbocycles. The topological polar surface area (TPSA) is 56.1 Å². The van der Waals surface area contributed by atoms with Gasteiger partial charge in [0.2, 0.25) is 5.91 Å². The molecule has 1 atom stereocenters. The highest BCUT2D eigenvalue weighted by molar-refractivity contribution is 5.79. The molecule has 2 aliphatic rings. The molecular formula is C16H25F2N3O. The SMILES string of the molecule is N#CC(NC(=O)C1CCN(CC(F)F)CC1)C1CCCCC1. The standard InChI is InChI=1S/C16H25F2N3O/c17-15(18)11-21-8-6-13(7-9-21)16(22)20-14(10-19)12-4-2-1-3-5-12/h12-15H,1-9,11H2,(H,20,22). The number of nitrogens with zero attached hydrogens (tertiary/aromatic N) is 2. The average Bonchev–Trinajstić information content (AvgIpc) is 2.53. The fourth-order valence-corrected chi connectivity index (χ4v) is 3.57. The van der Waals surface area contributed by atoms with Gasteiger partial charge < -0.3 is 5.32 Å². The molecule has 4 nitrogen and oxygen atoms in total. The lowest BCUT2D eigenvalue weighted by molar-refractivity contribution is -0.127. The largest absolute Gasteiger partial charge is 0.340 e. The van der Waals surface area contributed by atoms with Crippen molar-refractivity contribution < 1.29 is 13.6 Å². The molecule has 0 radical (unpaired) electrons. The summed E-state index contributed by atoms with van der Waals surface area (Å²) in [4.78, 5) is 14.0. The molecule has 2 fully saturated rings. The Bertz CT molecular complexity index is 397. The molecule has 1 amide bonds. The molecule has 0 aromatic heterocycles. The van der Waals surface area contributed by atoms with Gasteiger partial charge in [0.1, 0.15) is 6.04 Å². The van der Waals surface area contributed by atoms with Crippen LogP contribution in [-0.2, 0) is 4.79 Å². The van der Waals surface area contributed by atoms with Gasteiger partial charge in [0.25, 0.3) is 6.43 Å². The monoisotopic (exact) mass is 313 g/mol. The summed E-state index contributed by atoms with van der Waals surface area (Å²) in [6.45, 7) is 0.851. The van der Waals surface area contributed by atoms with Crippen LogP contribution in [0.15, 0.2) is 0 Å². The van der Waals surface area contributed by atoms with Crippen LogP contribution in [-0.4, -0.2) is 42.9 Å². The van der Waals surface area contributed by atoms with Crippen LogP contribution in [0.25, 0.3) is 0 Å². The number of nitriles is 1. The molecule has 1 heterocycles. The Kier molecular flexibility index (Phi) is 6.56. The molecule has 0 aromatic carbocycles. The van der Waals surface area contributed by atoms with Gasteiger partial charge in [-0.2, -0.15) is 5.26 Å². The third-order valence-electron chi connectivity index (χ3n) is 4.91. The third-order valence-corrected chi connectivity index (χ3v) is 4.91. The Morgan fingerprint density at radius 3 is 2.36 bits per heavy atom. The maximum atomic E-state index is 12.3. The third kappa shape index (κ3) is 4.91. The first-order valence-corrected chi connectivity index (χ1v) is 8.30. The first-order valence-electron chi connectivity index (χ1n) is 8.30. The predicted molar refractivity (Wildman–Crippen MR) is 79.3 cm³/mol. The van der Waals surface area contributed by atoms with E-state index in [1.165, 1.54) is 6.42 Å². The minimum atomic E-state index is -2.32. The molecular weight excluding hydrogens is 288 g/mol. The Morgan fingerprint density at radius 1 is 1.18 bits per heavy atom. The summed E-state index contributed by atoms with van der Waals surface area (Å²) >= 11 is 0. The lowest BCUT2D eigenvalue weighted by Crippen LogP contribution is -2.46. The number of nitrogens with one attached hydrogen (secondary N) is 1. The molecule has 2 rings (SSSR count). The van der Waals surface area contributed by atoms with Crippen LogP contribution in [0, 0.1) is 23.2 Å². The fourth-order valence-electron chi connectivity index (χ4n) is 3.57. The Morgan fingerprint density at radius 2 is 1.82 bits per heavy atom. The molecule has 0 aromatic rings. The van der Waals surface area contributed by atoms with Crippen LogP contribution in [0.3, 0.4) is 0 Å². The van der Waals surface area contributed by atoms with Crippen molar-refractivity contribution in [2.75, 3.05) is 19.6 Å². The van der Waals surface area contributed by atoms with E-state index in [9.17, 15) is 18.8 Å². The van der Waals surface area contributed by atoms with Gasteiger partial charge >= 0.3 is 0 Å². The summed E-state index contributed by atoms with van der Waals surface area (Å²) in [6, 6.07) is 1.84. The van der Waals surface area contributed by atoms with Crippen molar-refractivity contribution in [1.82, 2.24) is 10.2 Å². The van der Waals surface area contributed by atoms with Gasteiger partial charge in [0, 0.05) is 5.92 Å². The zero-order valence-electron chi connectivity index (χ0n) is 12.9. The highest BCUT2D eigenvalue weighted by Gasteiger charge is 2.30. The number of carbonyl (C=O) groups is 1. The Labute approximate surface area is 130 Å². The van der Waals surface area contributed by atoms with Gasteiger partial charge in [0.15, 0.2) is 0 Å². The highest BCUT2D eigenvalue weighted by atomic mass is 19.3. The smallest absolute Gasteiger partial charge is 0.251 e. The first kappa shape index (κ1) is 17.1. The number of carbonyl (C=O) groups excluding carboxylic acids is 1. The van der Waals surface area contributed by atoms with Gasteiger partial charge in [-0.15, -0.1) is 0 Å². The van der Waals surface area contributed by atoms with E-state index in [4.69, 9.17) is 0 Å². The van der Waals surface area contributed by atoms with Gasteiger partial charge in [-0.25, -0.2) is 8.78 Å². The van der Waals surface area contributed by atoms with Crippen LogP contribution < -0.4 is 5.32 Å². The molecule has 1 N–H and O–H groups in total. The summed E-state index contributed by atoms with van der Waals surface area (Å²) in [5.41, 5.74) is 0.